The van der Waals surface area contributed by atoms with Crippen LogP contribution in [0.3, 0.4) is 0 Å². The first-order chi connectivity index (χ1) is 8.75. The predicted octanol–water partition coefficient (Wildman–Crippen LogP) is 5.99. The number of hydrogen-bond acceptors (Lipinski definition) is 0. The van der Waals surface area contributed by atoms with Crippen molar-refractivity contribution in [3.63, 3.8) is 0 Å². The fourth-order valence-corrected chi connectivity index (χ4v) is 4.68. The van der Waals surface area contributed by atoms with E-state index in [9.17, 15) is 0 Å². The van der Waals surface area contributed by atoms with Gasteiger partial charge in [-0.25, -0.2) is 0 Å². The zero-order chi connectivity index (χ0) is 12.5. The molecule has 0 N–H and O–H groups in total. The van der Waals surface area contributed by atoms with Crippen molar-refractivity contribution in [1.82, 2.24) is 0 Å². The Hall–Kier alpha value is -0.0100. The van der Waals surface area contributed by atoms with Crippen LogP contribution < -0.4 is 0 Å². The first-order valence-electron chi connectivity index (χ1n) is 7.15. The van der Waals surface area contributed by atoms with Crippen LogP contribution in [0.2, 0.25) is 5.02 Å². The Morgan fingerprint density at radius 1 is 0.944 bits per heavy atom. The Morgan fingerprint density at radius 3 is 1.83 bits per heavy atom. The lowest BCUT2D eigenvalue weighted by molar-refractivity contribution is 0.0919. The third-order valence-corrected chi connectivity index (χ3v) is 6.31. The second kappa shape index (κ2) is 5.54. The van der Waals surface area contributed by atoms with Gasteiger partial charge >= 0.3 is 0 Å². The Balaban J connectivity index is 1.77. The molecule has 0 aromatic heterocycles. The van der Waals surface area contributed by atoms with Crippen LogP contribution in [-0.2, 0) is 0 Å². The Kier molecular flexibility index (Phi) is 4.00. The molecule has 1 aromatic rings. The molecule has 2 heteroatoms. The molecule has 2 aliphatic rings. The summed E-state index contributed by atoms with van der Waals surface area (Å²) in [5, 5.41) is 0.835. The van der Waals surface area contributed by atoms with Crippen LogP contribution >= 0.6 is 27.5 Å². The molecule has 0 saturated heterocycles. The molecule has 3 rings (SSSR count). The molecular weight excluding hydrogens is 308 g/mol. The van der Waals surface area contributed by atoms with Gasteiger partial charge < -0.3 is 0 Å². The van der Waals surface area contributed by atoms with E-state index < -0.39 is 0 Å². The van der Waals surface area contributed by atoms with Crippen molar-refractivity contribution < 1.29 is 0 Å². The summed E-state index contributed by atoms with van der Waals surface area (Å²) in [5.74, 6) is 2.75. The van der Waals surface area contributed by atoms with Crippen molar-refractivity contribution in [2.45, 2.75) is 43.4 Å². The monoisotopic (exact) mass is 326 g/mol. The van der Waals surface area contributed by atoms with Gasteiger partial charge in [0.1, 0.15) is 0 Å². The molecule has 0 spiro atoms. The molecule has 98 valence electrons. The number of rotatable bonds is 4. The molecule has 2 fully saturated rings. The highest BCUT2D eigenvalue weighted by molar-refractivity contribution is 9.09. The second-order valence-electron chi connectivity index (χ2n) is 5.91. The Morgan fingerprint density at radius 2 is 1.44 bits per heavy atom. The minimum Gasteiger partial charge on any atom is -0.0843 e. The summed E-state index contributed by atoms with van der Waals surface area (Å²) >= 11 is 9.97. The minimum absolute atomic E-state index is 0.519. The first-order valence-corrected chi connectivity index (χ1v) is 8.44. The molecule has 2 saturated carbocycles. The normalized spacial score (nSPS) is 22.6. The fourth-order valence-electron chi connectivity index (χ4n) is 3.38. The SMILES string of the molecule is Clc1ccc(C(Br)C(C2CCC2)C2CCC2)cc1. The van der Waals surface area contributed by atoms with E-state index >= 15 is 0 Å². The lowest BCUT2D eigenvalue weighted by atomic mass is 9.63. The van der Waals surface area contributed by atoms with E-state index in [2.05, 4.69) is 28.1 Å². The topological polar surface area (TPSA) is 0 Å². The maximum Gasteiger partial charge on any atom is 0.0428 e. The van der Waals surface area contributed by atoms with Gasteiger partial charge in [0, 0.05) is 9.85 Å². The molecule has 18 heavy (non-hydrogen) atoms. The van der Waals surface area contributed by atoms with E-state index in [0.29, 0.717) is 4.83 Å². The fraction of sp³-hybridized carbons (Fsp3) is 0.625. The van der Waals surface area contributed by atoms with E-state index in [-0.39, 0.29) is 0 Å². The van der Waals surface area contributed by atoms with Gasteiger partial charge in [-0.1, -0.05) is 78.2 Å². The Bertz CT molecular complexity index is 378. The van der Waals surface area contributed by atoms with Crippen LogP contribution in [0.4, 0.5) is 0 Å². The average molecular weight is 328 g/mol. The van der Waals surface area contributed by atoms with Gasteiger partial charge in [0.25, 0.3) is 0 Å². The largest absolute Gasteiger partial charge is 0.0843 e. The standard InChI is InChI=1S/C16H20BrCl/c17-16(13-7-9-14(18)10-8-13)15(11-3-1-4-11)12-5-2-6-12/h7-12,15-16H,1-6H2. The van der Waals surface area contributed by atoms with Crippen LogP contribution in [0.25, 0.3) is 0 Å². The smallest absolute Gasteiger partial charge is 0.0428 e. The van der Waals surface area contributed by atoms with Gasteiger partial charge in [0.05, 0.1) is 0 Å². The summed E-state index contributed by atoms with van der Waals surface area (Å²) < 4.78 is 0. The summed E-state index contributed by atoms with van der Waals surface area (Å²) in [4.78, 5) is 0.519. The molecule has 0 amide bonds. The number of halogens is 2. The molecular formula is C16H20BrCl. The number of benzene rings is 1. The van der Waals surface area contributed by atoms with E-state index in [1.165, 1.54) is 44.1 Å². The maximum atomic E-state index is 5.98. The van der Waals surface area contributed by atoms with Gasteiger partial charge in [0.2, 0.25) is 0 Å². The van der Waals surface area contributed by atoms with Gasteiger partial charge in [-0.15, -0.1) is 0 Å². The number of hydrogen-bond donors (Lipinski definition) is 0. The zero-order valence-corrected chi connectivity index (χ0v) is 13.0. The van der Waals surface area contributed by atoms with Crippen molar-refractivity contribution >= 4 is 27.5 Å². The van der Waals surface area contributed by atoms with Crippen LogP contribution in [0.5, 0.6) is 0 Å². The average Bonchev–Trinajstić information content (AvgIpc) is 2.23. The summed E-state index contributed by atoms with van der Waals surface area (Å²) in [6.45, 7) is 0. The quantitative estimate of drug-likeness (QED) is 0.596. The van der Waals surface area contributed by atoms with Crippen molar-refractivity contribution in [3.8, 4) is 0 Å². The highest BCUT2D eigenvalue weighted by Gasteiger charge is 2.40. The van der Waals surface area contributed by atoms with Gasteiger partial charge in [-0.3, -0.25) is 0 Å². The van der Waals surface area contributed by atoms with E-state index in [1.54, 1.807) is 0 Å². The summed E-state index contributed by atoms with van der Waals surface area (Å²) in [7, 11) is 0. The molecule has 0 bridgehead atoms. The van der Waals surface area contributed by atoms with Crippen molar-refractivity contribution in [2.75, 3.05) is 0 Å². The summed E-state index contributed by atoms with van der Waals surface area (Å²) in [6, 6.07) is 8.41. The zero-order valence-electron chi connectivity index (χ0n) is 10.6. The molecule has 1 unspecified atom stereocenters. The third kappa shape index (κ3) is 2.49. The number of alkyl halides is 1. The summed E-state index contributed by atoms with van der Waals surface area (Å²) in [6.07, 6.45) is 8.64. The predicted molar refractivity (Wildman–Crippen MR) is 81.3 cm³/mol. The highest BCUT2D eigenvalue weighted by Crippen LogP contribution is 2.52. The van der Waals surface area contributed by atoms with E-state index in [4.69, 9.17) is 11.6 Å². The van der Waals surface area contributed by atoms with Crippen LogP contribution in [0.15, 0.2) is 24.3 Å². The van der Waals surface area contributed by atoms with Crippen molar-refractivity contribution in [2.24, 2.45) is 17.8 Å². The van der Waals surface area contributed by atoms with Crippen molar-refractivity contribution in [1.29, 1.82) is 0 Å². The minimum atomic E-state index is 0.519. The highest BCUT2D eigenvalue weighted by atomic mass is 79.9. The molecule has 2 aliphatic carbocycles. The Labute approximate surface area is 123 Å². The molecule has 0 aliphatic heterocycles. The molecule has 0 nitrogen and oxygen atoms in total. The van der Waals surface area contributed by atoms with Crippen molar-refractivity contribution in [3.05, 3.63) is 34.9 Å². The molecule has 0 heterocycles. The van der Waals surface area contributed by atoms with E-state index in [1.807, 2.05) is 12.1 Å². The lowest BCUT2D eigenvalue weighted by Crippen LogP contribution is -2.34. The lowest BCUT2D eigenvalue weighted by Gasteiger charge is -2.45. The molecule has 0 radical (unpaired) electrons. The van der Waals surface area contributed by atoms with E-state index in [0.717, 1.165) is 22.8 Å². The van der Waals surface area contributed by atoms with Gasteiger partial charge in [-0.05, 0) is 35.4 Å². The first kappa shape index (κ1) is 13.0. The summed E-state index contributed by atoms with van der Waals surface area (Å²) in [5.41, 5.74) is 1.41. The molecule has 1 atom stereocenters. The van der Waals surface area contributed by atoms with Crippen LogP contribution in [-0.4, -0.2) is 0 Å². The second-order valence-corrected chi connectivity index (χ2v) is 7.34. The molecule has 1 aromatic carbocycles. The van der Waals surface area contributed by atoms with Gasteiger partial charge in [0.15, 0.2) is 0 Å². The third-order valence-electron chi connectivity index (χ3n) is 4.91. The van der Waals surface area contributed by atoms with Crippen LogP contribution in [0, 0.1) is 17.8 Å². The van der Waals surface area contributed by atoms with Crippen LogP contribution in [0.1, 0.15) is 48.9 Å². The van der Waals surface area contributed by atoms with Gasteiger partial charge in [-0.2, -0.15) is 0 Å². The maximum absolute atomic E-state index is 5.98.